The van der Waals surface area contributed by atoms with E-state index in [-0.39, 0.29) is 18.0 Å². The van der Waals surface area contributed by atoms with Crippen molar-refractivity contribution < 1.29 is 4.79 Å². The number of carbonyl (C=O) groups is 1. The lowest BCUT2D eigenvalue weighted by Crippen LogP contribution is -2.44. The number of nitrogens with one attached hydrogen (secondary N) is 2. The Morgan fingerprint density at radius 1 is 1.39 bits per heavy atom. The Labute approximate surface area is 121 Å². The third kappa shape index (κ3) is 4.96. The Morgan fingerprint density at radius 2 is 2.06 bits per heavy atom. The summed E-state index contributed by atoms with van der Waals surface area (Å²) in [7, 11) is 0. The van der Waals surface area contributed by atoms with E-state index in [1.807, 2.05) is 39.0 Å². The second-order valence-electron chi connectivity index (χ2n) is 4.50. The molecule has 0 spiro atoms. The molecule has 1 unspecified atom stereocenters. The van der Waals surface area contributed by atoms with Crippen molar-refractivity contribution in [3.63, 3.8) is 0 Å². The molecular weight excluding hydrogens is 316 g/mol. The standard InChI is InChI=1S/C13H18BrClN2O/c1-8(2)17-13(18)9(3)16-7-10-4-5-11(15)6-12(10)14/h4-6,8-9,16H,7H2,1-3H3,(H,17,18). The van der Waals surface area contributed by atoms with Crippen molar-refractivity contribution in [2.75, 3.05) is 0 Å². The lowest BCUT2D eigenvalue weighted by atomic mass is 10.2. The molecule has 0 saturated carbocycles. The van der Waals surface area contributed by atoms with Gasteiger partial charge < -0.3 is 10.6 Å². The van der Waals surface area contributed by atoms with E-state index in [1.165, 1.54) is 0 Å². The van der Waals surface area contributed by atoms with E-state index in [0.29, 0.717) is 11.6 Å². The molecule has 1 aromatic rings. The summed E-state index contributed by atoms with van der Waals surface area (Å²) in [6.07, 6.45) is 0. The maximum absolute atomic E-state index is 11.7. The van der Waals surface area contributed by atoms with Crippen molar-refractivity contribution >= 4 is 33.4 Å². The van der Waals surface area contributed by atoms with Crippen LogP contribution in [0.3, 0.4) is 0 Å². The maximum atomic E-state index is 11.7. The van der Waals surface area contributed by atoms with E-state index in [0.717, 1.165) is 10.0 Å². The van der Waals surface area contributed by atoms with E-state index in [2.05, 4.69) is 26.6 Å². The van der Waals surface area contributed by atoms with Gasteiger partial charge in [0.05, 0.1) is 6.04 Å². The molecule has 1 amide bonds. The molecule has 5 heteroatoms. The first kappa shape index (κ1) is 15.5. The smallest absolute Gasteiger partial charge is 0.237 e. The van der Waals surface area contributed by atoms with Gasteiger partial charge in [-0.25, -0.2) is 0 Å². The predicted octanol–water partition coefficient (Wildman–Crippen LogP) is 3.11. The summed E-state index contributed by atoms with van der Waals surface area (Å²) in [5.41, 5.74) is 1.07. The molecule has 2 N–H and O–H groups in total. The molecule has 0 aliphatic heterocycles. The minimum Gasteiger partial charge on any atom is -0.353 e. The van der Waals surface area contributed by atoms with Crippen LogP contribution in [-0.4, -0.2) is 18.0 Å². The summed E-state index contributed by atoms with van der Waals surface area (Å²) in [4.78, 5) is 11.7. The van der Waals surface area contributed by atoms with Gasteiger partial charge in [0.25, 0.3) is 0 Å². The minimum absolute atomic E-state index is 0.00934. The second kappa shape index (κ2) is 7.12. The van der Waals surface area contributed by atoms with Crippen LogP contribution in [0.4, 0.5) is 0 Å². The summed E-state index contributed by atoms with van der Waals surface area (Å²) in [6, 6.07) is 5.55. The molecule has 0 heterocycles. The van der Waals surface area contributed by atoms with Crippen LogP contribution in [0.2, 0.25) is 5.02 Å². The van der Waals surface area contributed by atoms with Crippen LogP contribution in [0, 0.1) is 0 Å². The Kier molecular flexibility index (Phi) is 6.12. The fourth-order valence-corrected chi connectivity index (χ4v) is 2.25. The number of hydrogen-bond acceptors (Lipinski definition) is 2. The first-order chi connectivity index (χ1) is 8.40. The molecule has 1 aromatic carbocycles. The molecule has 3 nitrogen and oxygen atoms in total. The summed E-state index contributed by atoms with van der Waals surface area (Å²) in [5.74, 6) is 0.00934. The summed E-state index contributed by atoms with van der Waals surface area (Å²) >= 11 is 9.32. The zero-order valence-electron chi connectivity index (χ0n) is 10.8. The van der Waals surface area contributed by atoms with Gasteiger partial charge in [-0.1, -0.05) is 33.6 Å². The number of amides is 1. The second-order valence-corrected chi connectivity index (χ2v) is 5.79. The Hall–Kier alpha value is -0.580. The van der Waals surface area contributed by atoms with Crippen molar-refractivity contribution in [3.05, 3.63) is 33.3 Å². The van der Waals surface area contributed by atoms with Gasteiger partial charge in [-0.3, -0.25) is 4.79 Å². The summed E-state index contributed by atoms with van der Waals surface area (Å²) in [5, 5.41) is 6.74. The zero-order chi connectivity index (χ0) is 13.7. The summed E-state index contributed by atoms with van der Waals surface area (Å²) < 4.78 is 0.943. The highest BCUT2D eigenvalue weighted by Crippen LogP contribution is 2.21. The number of halogens is 2. The van der Waals surface area contributed by atoms with Crippen molar-refractivity contribution in [2.24, 2.45) is 0 Å². The Balaban J connectivity index is 2.52. The van der Waals surface area contributed by atoms with Crippen molar-refractivity contribution in [1.29, 1.82) is 0 Å². The highest BCUT2D eigenvalue weighted by Gasteiger charge is 2.13. The van der Waals surface area contributed by atoms with E-state index in [9.17, 15) is 4.79 Å². The van der Waals surface area contributed by atoms with E-state index in [1.54, 1.807) is 0 Å². The van der Waals surface area contributed by atoms with Crippen LogP contribution in [-0.2, 0) is 11.3 Å². The zero-order valence-corrected chi connectivity index (χ0v) is 13.1. The van der Waals surface area contributed by atoms with Gasteiger partial charge in [0.2, 0.25) is 5.91 Å². The molecule has 0 saturated heterocycles. The normalized spacial score (nSPS) is 12.6. The van der Waals surface area contributed by atoms with Crippen LogP contribution in [0.25, 0.3) is 0 Å². The topological polar surface area (TPSA) is 41.1 Å². The van der Waals surface area contributed by atoms with Crippen LogP contribution in [0.5, 0.6) is 0 Å². The minimum atomic E-state index is -0.227. The molecule has 0 radical (unpaired) electrons. The number of carbonyl (C=O) groups excluding carboxylic acids is 1. The first-order valence-electron chi connectivity index (χ1n) is 5.88. The summed E-state index contributed by atoms with van der Waals surface area (Å²) in [6.45, 7) is 6.35. The molecule has 1 rings (SSSR count). The Morgan fingerprint density at radius 3 is 2.61 bits per heavy atom. The van der Waals surface area contributed by atoms with Crippen LogP contribution in [0.1, 0.15) is 26.3 Å². The van der Waals surface area contributed by atoms with Crippen molar-refractivity contribution in [3.8, 4) is 0 Å². The fourth-order valence-electron chi connectivity index (χ4n) is 1.43. The van der Waals surface area contributed by atoms with Gasteiger partial charge >= 0.3 is 0 Å². The first-order valence-corrected chi connectivity index (χ1v) is 7.05. The van der Waals surface area contributed by atoms with E-state index >= 15 is 0 Å². The molecule has 0 aromatic heterocycles. The molecule has 0 aliphatic carbocycles. The van der Waals surface area contributed by atoms with Crippen LogP contribution in [0.15, 0.2) is 22.7 Å². The lowest BCUT2D eigenvalue weighted by Gasteiger charge is -2.16. The monoisotopic (exact) mass is 332 g/mol. The van der Waals surface area contributed by atoms with Gasteiger partial charge in [-0.2, -0.15) is 0 Å². The molecule has 0 aliphatic rings. The molecule has 100 valence electrons. The highest BCUT2D eigenvalue weighted by atomic mass is 79.9. The molecule has 0 bridgehead atoms. The molecular formula is C13H18BrClN2O. The van der Waals surface area contributed by atoms with Gasteiger partial charge in [-0.15, -0.1) is 0 Å². The van der Waals surface area contributed by atoms with Crippen molar-refractivity contribution in [2.45, 2.75) is 39.4 Å². The van der Waals surface area contributed by atoms with Gasteiger partial charge in [-0.05, 0) is 38.5 Å². The number of benzene rings is 1. The van der Waals surface area contributed by atoms with Crippen LogP contribution < -0.4 is 10.6 Å². The van der Waals surface area contributed by atoms with Crippen LogP contribution >= 0.6 is 27.5 Å². The van der Waals surface area contributed by atoms with Gasteiger partial charge in [0.1, 0.15) is 0 Å². The predicted molar refractivity (Wildman–Crippen MR) is 78.7 cm³/mol. The molecule has 1 atom stereocenters. The largest absolute Gasteiger partial charge is 0.353 e. The van der Waals surface area contributed by atoms with Gasteiger partial charge in [0.15, 0.2) is 0 Å². The van der Waals surface area contributed by atoms with Crippen molar-refractivity contribution in [1.82, 2.24) is 10.6 Å². The number of rotatable bonds is 5. The average Bonchev–Trinajstić information content (AvgIpc) is 2.26. The average molecular weight is 334 g/mol. The maximum Gasteiger partial charge on any atom is 0.237 e. The SMILES string of the molecule is CC(C)NC(=O)C(C)NCc1ccc(Cl)cc1Br. The third-order valence-corrected chi connectivity index (χ3v) is 3.41. The third-order valence-electron chi connectivity index (χ3n) is 2.44. The highest BCUT2D eigenvalue weighted by molar-refractivity contribution is 9.10. The Bertz CT molecular complexity index is 423. The molecule has 0 fully saturated rings. The van der Waals surface area contributed by atoms with Gasteiger partial charge in [0, 0.05) is 22.1 Å². The number of hydrogen-bond donors (Lipinski definition) is 2. The quantitative estimate of drug-likeness (QED) is 0.869. The van der Waals surface area contributed by atoms with E-state index < -0.39 is 0 Å². The van der Waals surface area contributed by atoms with E-state index in [4.69, 9.17) is 11.6 Å². The molecule has 18 heavy (non-hydrogen) atoms. The fraction of sp³-hybridized carbons (Fsp3) is 0.462. The lowest BCUT2D eigenvalue weighted by molar-refractivity contribution is -0.123.